The van der Waals surface area contributed by atoms with Crippen LogP contribution in [0, 0.1) is 5.82 Å². The quantitative estimate of drug-likeness (QED) is 0.740. The molecule has 0 bridgehead atoms. The average molecular weight is 398 g/mol. The number of methoxy groups -OCH3 is 1. The van der Waals surface area contributed by atoms with Crippen molar-refractivity contribution in [2.75, 3.05) is 31.8 Å². The molecule has 1 unspecified atom stereocenters. The van der Waals surface area contributed by atoms with Crippen molar-refractivity contribution in [1.82, 2.24) is 4.31 Å². The van der Waals surface area contributed by atoms with E-state index in [0.29, 0.717) is 6.61 Å². The van der Waals surface area contributed by atoms with E-state index in [4.69, 9.17) is 4.74 Å². The largest absolute Gasteiger partial charge is 0.383 e. The second-order valence-electron chi connectivity index (χ2n) is 4.70. The van der Waals surface area contributed by atoms with Gasteiger partial charge in [0.2, 0.25) is 10.0 Å². The number of thioether (sulfide) groups is 1. The van der Waals surface area contributed by atoms with Crippen LogP contribution in [0.3, 0.4) is 0 Å². The van der Waals surface area contributed by atoms with E-state index in [0.717, 1.165) is 24.0 Å². The van der Waals surface area contributed by atoms with Crippen LogP contribution in [0.25, 0.3) is 0 Å². The first-order chi connectivity index (χ1) is 9.96. The van der Waals surface area contributed by atoms with Gasteiger partial charge in [-0.3, -0.25) is 0 Å². The lowest BCUT2D eigenvalue weighted by Crippen LogP contribution is -2.42. The highest BCUT2D eigenvalue weighted by molar-refractivity contribution is 9.10. The van der Waals surface area contributed by atoms with Crippen LogP contribution in [0.1, 0.15) is 6.42 Å². The number of sulfonamides is 1. The molecule has 0 saturated carbocycles. The van der Waals surface area contributed by atoms with E-state index in [2.05, 4.69) is 15.9 Å². The molecule has 0 amide bonds. The fourth-order valence-corrected chi connectivity index (χ4v) is 5.42. The monoisotopic (exact) mass is 397 g/mol. The molecule has 0 aromatic heterocycles. The Bertz CT molecular complexity index is 591. The molecule has 1 aromatic carbocycles. The van der Waals surface area contributed by atoms with Crippen LogP contribution in [0.4, 0.5) is 4.39 Å². The lowest BCUT2D eigenvalue weighted by Gasteiger charge is -2.27. The van der Waals surface area contributed by atoms with Crippen LogP contribution in [0.5, 0.6) is 0 Å². The smallest absolute Gasteiger partial charge is 0.243 e. The zero-order valence-electron chi connectivity index (χ0n) is 11.6. The van der Waals surface area contributed by atoms with Crippen molar-refractivity contribution in [2.24, 2.45) is 0 Å². The second-order valence-corrected chi connectivity index (χ2v) is 8.60. The molecule has 0 aliphatic carbocycles. The van der Waals surface area contributed by atoms with Gasteiger partial charge in [-0.2, -0.15) is 16.1 Å². The summed E-state index contributed by atoms with van der Waals surface area (Å²) in [7, 11) is -2.18. The minimum atomic E-state index is -3.72. The zero-order chi connectivity index (χ0) is 15.5. The number of nitrogens with zero attached hydrogens (tertiary/aromatic N) is 1. The van der Waals surface area contributed by atoms with Gasteiger partial charge in [0.1, 0.15) is 5.82 Å². The summed E-state index contributed by atoms with van der Waals surface area (Å²) in [6.07, 6.45) is 0.812. The molecule has 1 aromatic rings. The maximum Gasteiger partial charge on any atom is 0.243 e. The summed E-state index contributed by atoms with van der Waals surface area (Å²) in [5.41, 5.74) is 0. The lowest BCUT2D eigenvalue weighted by atomic mass is 10.3. The van der Waals surface area contributed by atoms with Crippen molar-refractivity contribution in [1.29, 1.82) is 0 Å². The molecule has 1 heterocycles. The first-order valence-corrected chi connectivity index (χ1v) is 9.89. The Morgan fingerprint density at radius 2 is 2.29 bits per heavy atom. The summed E-state index contributed by atoms with van der Waals surface area (Å²) >= 11 is 4.77. The van der Waals surface area contributed by atoms with Gasteiger partial charge >= 0.3 is 0 Å². The van der Waals surface area contributed by atoms with Gasteiger partial charge in [0, 0.05) is 25.4 Å². The first kappa shape index (κ1) is 17.2. The van der Waals surface area contributed by atoms with Gasteiger partial charge in [0.15, 0.2) is 0 Å². The Morgan fingerprint density at radius 3 is 2.86 bits per heavy atom. The number of rotatable bonds is 6. The Kier molecular flexibility index (Phi) is 6.07. The number of hydrogen-bond donors (Lipinski definition) is 0. The predicted octanol–water partition coefficient (Wildman–Crippen LogP) is 2.73. The van der Waals surface area contributed by atoms with Gasteiger partial charge in [-0.25, -0.2) is 12.8 Å². The van der Waals surface area contributed by atoms with Gasteiger partial charge in [-0.05, 0) is 46.3 Å². The fraction of sp³-hybridized carbons (Fsp3) is 0.538. The second kappa shape index (κ2) is 7.41. The van der Waals surface area contributed by atoms with Crippen LogP contribution in [-0.4, -0.2) is 50.5 Å². The normalized spacial score (nSPS) is 19.3. The lowest BCUT2D eigenvalue weighted by molar-refractivity contribution is 0.169. The Labute approximate surface area is 137 Å². The molecule has 1 fully saturated rings. The fourth-order valence-electron chi connectivity index (χ4n) is 2.20. The van der Waals surface area contributed by atoms with E-state index in [1.54, 1.807) is 11.8 Å². The number of hydrogen-bond acceptors (Lipinski definition) is 4. The van der Waals surface area contributed by atoms with E-state index < -0.39 is 15.8 Å². The molecule has 21 heavy (non-hydrogen) atoms. The van der Waals surface area contributed by atoms with Crippen LogP contribution >= 0.6 is 27.7 Å². The molecule has 1 aliphatic heterocycles. The molecule has 1 aliphatic rings. The van der Waals surface area contributed by atoms with Crippen molar-refractivity contribution in [3.8, 4) is 0 Å². The van der Waals surface area contributed by atoms with Crippen molar-refractivity contribution in [3.05, 3.63) is 28.5 Å². The molecule has 1 atom stereocenters. The van der Waals surface area contributed by atoms with E-state index in [-0.39, 0.29) is 22.0 Å². The summed E-state index contributed by atoms with van der Waals surface area (Å²) < 4.78 is 45.9. The summed E-state index contributed by atoms with van der Waals surface area (Å²) in [6, 6.07) is 3.84. The molecule has 1 saturated heterocycles. The first-order valence-electron chi connectivity index (χ1n) is 6.50. The molecule has 8 heteroatoms. The van der Waals surface area contributed by atoms with Gasteiger partial charge < -0.3 is 4.74 Å². The van der Waals surface area contributed by atoms with Crippen LogP contribution < -0.4 is 0 Å². The maximum absolute atomic E-state index is 13.6. The van der Waals surface area contributed by atoms with Crippen molar-refractivity contribution >= 4 is 37.7 Å². The maximum atomic E-state index is 13.6. The Balaban J connectivity index is 2.33. The van der Waals surface area contributed by atoms with Gasteiger partial charge in [-0.15, -0.1) is 0 Å². The third-order valence-corrected chi connectivity index (χ3v) is 7.06. The van der Waals surface area contributed by atoms with E-state index in [1.165, 1.54) is 23.5 Å². The standard InChI is InChI=1S/C13H17BrFNO3S2/c1-19-6-5-16(10-4-7-20-9-10)21(17,18)11-2-3-12(14)13(15)8-11/h2-3,8,10H,4-7,9H2,1H3. The van der Waals surface area contributed by atoms with Crippen molar-refractivity contribution in [2.45, 2.75) is 17.4 Å². The highest BCUT2D eigenvalue weighted by atomic mass is 79.9. The Hall–Kier alpha value is -0.150. The van der Waals surface area contributed by atoms with Crippen LogP contribution in [-0.2, 0) is 14.8 Å². The van der Waals surface area contributed by atoms with E-state index >= 15 is 0 Å². The highest BCUT2D eigenvalue weighted by Gasteiger charge is 2.33. The summed E-state index contributed by atoms with van der Waals surface area (Å²) in [5, 5.41) is 0. The molecular formula is C13H17BrFNO3S2. The number of ether oxygens (including phenoxy) is 1. The Morgan fingerprint density at radius 1 is 1.52 bits per heavy atom. The van der Waals surface area contributed by atoms with E-state index in [1.807, 2.05) is 0 Å². The average Bonchev–Trinajstić information content (AvgIpc) is 2.96. The highest BCUT2D eigenvalue weighted by Crippen LogP contribution is 2.28. The summed E-state index contributed by atoms with van der Waals surface area (Å²) in [6.45, 7) is 0.598. The number of halogens is 2. The third kappa shape index (κ3) is 3.98. The topological polar surface area (TPSA) is 46.6 Å². The summed E-state index contributed by atoms with van der Waals surface area (Å²) in [4.78, 5) is -0.0174. The molecule has 118 valence electrons. The minimum Gasteiger partial charge on any atom is -0.383 e. The summed E-state index contributed by atoms with van der Waals surface area (Å²) in [5.74, 6) is 1.13. The molecule has 0 radical (unpaired) electrons. The minimum absolute atomic E-state index is 0.0174. The van der Waals surface area contributed by atoms with Crippen molar-refractivity contribution < 1.29 is 17.5 Å². The molecular weight excluding hydrogens is 381 g/mol. The van der Waals surface area contributed by atoms with Gasteiger partial charge in [0.05, 0.1) is 16.0 Å². The van der Waals surface area contributed by atoms with E-state index in [9.17, 15) is 12.8 Å². The van der Waals surface area contributed by atoms with Crippen LogP contribution in [0.15, 0.2) is 27.6 Å². The third-order valence-electron chi connectivity index (χ3n) is 3.33. The zero-order valence-corrected chi connectivity index (χ0v) is 14.8. The molecule has 2 rings (SSSR count). The molecule has 0 N–H and O–H groups in total. The molecule has 0 spiro atoms. The molecule has 4 nitrogen and oxygen atoms in total. The van der Waals surface area contributed by atoms with Crippen LogP contribution in [0.2, 0.25) is 0 Å². The van der Waals surface area contributed by atoms with Gasteiger partial charge in [-0.1, -0.05) is 0 Å². The van der Waals surface area contributed by atoms with Gasteiger partial charge in [0.25, 0.3) is 0 Å². The number of benzene rings is 1. The SMILES string of the molecule is COCCN(C1CCSC1)S(=O)(=O)c1ccc(Br)c(F)c1. The predicted molar refractivity (Wildman–Crippen MR) is 85.6 cm³/mol. The van der Waals surface area contributed by atoms with Crippen molar-refractivity contribution in [3.63, 3.8) is 0 Å².